The van der Waals surface area contributed by atoms with Crippen LogP contribution in [0.5, 0.6) is 0 Å². The van der Waals surface area contributed by atoms with Crippen molar-refractivity contribution in [1.82, 2.24) is 9.21 Å². The molecule has 0 bridgehead atoms. The van der Waals surface area contributed by atoms with Crippen LogP contribution in [0.3, 0.4) is 0 Å². The Balaban J connectivity index is 1.55. The minimum Gasteiger partial charge on any atom is -0.342 e. The Kier molecular flexibility index (Phi) is 5.42. The van der Waals surface area contributed by atoms with Gasteiger partial charge in [-0.2, -0.15) is 4.31 Å². The molecule has 0 aliphatic carbocycles. The lowest BCUT2D eigenvalue weighted by Gasteiger charge is -2.33. The number of benzene rings is 1. The average Bonchev–Trinajstić information content (AvgIpc) is 3.33. The third-order valence-corrected chi connectivity index (χ3v) is 8.26. The van der Waals surface area contributed by atoms with Crippen LogP contribution < -0.4 is 4.90 Å². The summed E-state index contributed by atoms with van der Waals surface area (Å²) in [5.41, 5.74) is 1.68. The van der Waals surface area contributed by atoms with Crippen molar-refractivity contribution in [2.45, 2.75) is 56.9 Å². The lowest BCUT2D eigenvalue weighted by Crippen LogP contribution is -2.46. The number of anilines is 1. The van der Waals surface area contributed by atoms with E-state index in [1.807, 2.05) is 11.8 Å². The van der Waals surface area contributed by atoms with Crippen LogP contribution in [0.25, 0.3) is 0 Å². The van der Waals surface area contributed by atoms with Crippen molar-refractivity contribution in [1.29, 1.82) is 0 Å². The largest absolute Gasteiger partial charge is 0.342 e. The zero-order valence-electron chi connectivity index (χ0n) is 17.1. The molecule has 2 fully saturated rings. The lowest BCUT2D eigenvalue weighted by atomic mass is 9.98. The van der Waals surface area contributed by atoms with Gasteiger partial charge in [0.25, 0.3) is 0 Å². The lowest BCUT2D eigenvalue weighted by molar-refractivity contribution is -0.135. The van der Waals surface area contributed by atoms with Crippen LogP contribution in [0.15, 0.2) is 23.1 Å². The fourth-order valence-corrected chi connectivity index (χ4v) is 6.53. The summed E-state index contributed by atoms with van der Waals surface area (Å²) in [4.78, 5) is 28.5. The van der Waals surface area contributed by atoms with Crippen molar-refractivity contribution in [2.24, 2.45) is 5.92 Å². The SMILES string of the molecule is CC(=O)N1c2ccc(S(=O)(=O)N3CCC[C@H](C(=O)N4CCCC4)C3)cc2C[C@H]1C. The Hall–Kier alpha value is -1.93. The molecule has 1 aromatic carbocycles. The van der Waals surface area contributed by atoms with Crippen LogP contribution in [0.4, 0.5) is 5.69 Å². The molecular weight excluding hydrogens is 390 g/mol. The van der Waals surface area contributed by atoms with Crippen molar-refractivity contribution >= 4 is 27.5 Å². The minimum absolute atomic E-state index is 0.0258. The summed E-state index contributed by atoms with van der Waals surface area (Å²) < 4.78 is 28.1. The number of carbonyl (C=O) groups is 2. The predicted octanol–water partition coefficient (Wildman–Crippen LogP) is 2.01. The van der Waals surface area contributed by atoms with E-state index in [4.69, 9.17) is 0 Å². The van der Waals surface area contributed by atoms with Crippen LogP contribution in [0.2, 0.25) is 0 Å². The van der Waals surface area contributed by atoms with E-state index in [-0.39, 0.29) is 35.2 Å². The van der Waals surface area contributed by atoms with Gasteiger partial charge in [-0.25, -0.2) is 8.42 Å². The maximum atomic E-state index is 13.3. The molecule has 1 aromatic rings. The van der Waals surface area contributed by atoms with Gasteiger partial charge in [0.15, 0.2) is 0 Å². The molecule has 0 N–H and O–H groups in total. The number of sulfonamides is 1. The number of piperidine rings is 1. The highest BCUT2D eigenvalue weighted by molar-refractivity contribution is 7.89. The van der Waals surface area contributed by atoms with Crippen molar-refractivity contribution in [3.63, 3.8) is 0 Å². The Morgan fingerprint density at radius 1 is 1.07 bits per heavy atom. The monoisotopic (exact) mass is 419 g/mol. The molecule has 8 heteroatoms. The van der Waals surface area contributed by atoms with Gasteiger partial charge in [0.1, 0.15) is 0 Å². The van der Waals surface area contributed by atoms with Crippen LogP contribution in [-0.2, 0) is 26.0 Å². The molecule has 158 valence electrons. The zero-order valence-corrected chi connectivity index (χ0v) is 18.0. The second kappa shape index (κ2) is 7.72. The van der Waals surface area contributed by atoms with Crippen molar-refractivity contribution in [3.8, 4) is 0 Å². The summed E-state index contributed by atoms with van der Waals surface area (Å²) in [6.07, 6.45) is 4.16. The number of fused-ring (bicyclic) bond motifs is 1. The van der Waals surface area contributed by atoms with E-state index in [9.17, 15) is 18.0 Å². The highest BCUT2D eigenvalue weighted by Gasteiger charge is 2.37. The standard InChI is InChI=1S/C21H29N3O4S/c1-15-12-18-13-19(7-8-20(18)24(15)16(2)25)29(27,28)23-11-5-6-17(14-23)21(26)22-9-3-4-10-22/h7-8,13,15,17H,3-6,9-12,14H2,1-2H3/t15-,17+/m1/s1. The maximum Gasteiger partial charge on any atom is 0.243 e. The van der Waals surface area contributed by atoms with Crippen LogP contribution in [-0.4, -0.2) is 61.7 Å². The molecule has 0 saturated carbocycles. The number of carbonyl (C=O) groups excluding carboxylic acids is 2. The minimum atomic E-state index is -3.67. The fraction of sp³-hybridized carbons (Fsp3) is 0.619. The number of amides is 2. The van der Waals surface area contributed by atoms with Crippen LogP contribution >= 0.6 is 0 Å². The highest BCUT2D eigenvalue weighted by Crippen LogP contribution is 2.35. The van der Waals surface area contributed by atoms with Gasteiger partial charge in [-0.05, 0) is 62.8 Å². The molecule has 3 heterocycles. The Bertz CT molecular complexity index is 924. The van der Waals surface area contributed by atoms with Crippen LogP contribution in [0.1, 0.15) is 45.1 Å². The molecule has 2 saturated heterocycles. The number of likely N-dealkylation sites (tertiary alicyclic amines) is 1. The fourth-order valence-electron chi connectivity index (χ4n) is 4.95. The summed E-state index contributed by atoms with van der Waals surface area (Å²) in [5, 5.41) is 0. The van der Waals surface area contributed by atoms with Gasteiger partial charge in [-0.1, -0.05) is 0 Å². The highest BCUT2D eigenvalue weighted by atomic mass is 32.2. The third kappa shape index (κ3) is 3.68. The topological polar surface area (TPSA) is 78.0 Å². The van der Waals surface area contributed by atoms with Crippen molar-refractivity contribution < 1.29 is 18.0 Å². The summed E-state index contributed by atoms with van der Waals surface area (Å²) in [5.74, 6) is -0.187. The first-order valence-electron chi connectivity index (χ1n) is 10.5. The van der Waals surface area contributed by atoms with E-state index in [0.717, 1.165) is 43.6 Å². The molecule has 2 amide bonds. The predicted molar refractivity (Wildman–Crippen MR) is 110 cm³/mol. The molecule has 4 rings (SSSR count). The summed E-state index contributed by atoms with van der Waals surface area (Å²) in [6.45, 7) is 5.77. The van der Waals surface area contributed by atoms with Crippen molar-refractivity contribution in [2.75, 3.05) is 31.1 Å². The van der Waals surface area contributed by atoms with E-state index in [0.29, 0.717) is 19.4 Å². The van der Waals surface area contributed by atoms with E-state index < -0.39 is 10.0 Å². The second-order valence-corrected chi connectivity index (χ2v) is 10.4. The number of hydrogen-bond acceptors (Lipinski definition) is 4. The summed E-state index contributed by atoms with van der Waals surface area (Å²) >= 11 is 0. The van der Waals surface area contributed by atoms with E-state index in [1.54, 1.807) is 23.1 Å². The van der Waals surface area contributed by atoms with Gasteiger partial charge < -0.3 is 9.80 Å². The second-order valence-electron chi connectivity index (χ2n) is 8.47. The van der Waals surface area contributed by atoms with E-state index in [2.05, 4.69) is 0 Å². The molecule has 7 nitrogen and oxygen atoms in total. The first kappa shape index (κ1) is 20.3. The quantitative estimate of drug-likeness (QED) is 0.751. The van der Waals surface area contributed by atoms with Gasteiger partial charge in [0.05, 0.1) is 10.8 Å². The number of rotatable bonds is 3. The molecule has 3 aliphatic heterocycles. The van der Waals surface area contributed by atoms with E-state index in [1.165, 1.54) is 11.2 Å². The molecule has 3 aliphatic rings. The van der Waals surface area contributed by atoms with Gasteiger partial charge >= 0.3 is 0 Å². The van der Waals surface area contributed by atoms with Crippen LogP contribution in [0, 0.1) is 5.92 Å². The Labute approximate surface area is 172 Å². The van der Waals surface area contributed by atoms with Gasteiger partial charge in [-0.3, -0.25) is 9.59 Å². The smallest absolute Gasteiger partial charge is 0.243 e. The first-order chi connectivity index (χ1) is 13.8. The number of nitrogens with zero attached hydrogens (tertiary/aromatic N) is 3. The number of hydrogen-bond donors (Lipinski definition) is 0. The van der Waals surface area contributed by atoms with Gasteiger partial charge in [0, 0.05) is 44.8 Å². The van der Waals surface area contributed by atoms with Gasteiger partial charge in [0.2, 0.25) is 21.8 Å². The van der Waals surface area contributed by atoms with E-state index >= 15 is 0 Å². The maximum absolute atomic E-state index is 13.3. The Morgan fingerprint density at radius 2 is 1.79 bits per heavy atom. The molecule has 0 radical (unpaired) electrons. The van der Waals surface area contributed by atoms with Gasteiger partial charge in [-0.15, -0.1) is 0 Å². The first-order valence-corrected chi connectivity index (χ1v) is 11.9. The molecule has 0 aromatic heterocycles. The molecule has 2 atom stereocenters. The summed E-state index contributed by atoms with van der Waals surface area (Å²) in [7, 11) is -3.67. The normalized spacial score (nSPS) is 25.3. The molecule has 0 spiro atoms. The molecule has 0 unspecified atom stereocenters. The molecule has 29 heavy (non-hydrogen) atoms. The Morgan fingerprint density at radius 3 is 2.48 bits per heavy atom. The third-order valence-electron chi connectivity index (χ3n) is 6.39. The van der Waals surface area contributed by atoms with Crippen molar-refractivity contribution in [3.05, 3.63) is 23.8 Å². The molecular formula is C21H29N3O4S. The summed E-state index contributed by atoms with van der Waals surface area (Å²) in [6, 6.07) is 5.06. The average molecular weight is 420 g/mol. The zero-order chi connectivity index (χ0) is 20.8.